The monoisotopic (exact) mass is 254 g/mol. The van der Waals surface area contributed by atoms with E-state index in [2.05, 4.69) is 0 Å². The molecule has 1 heterocycles. The van der Waals surface area contributed by atoms with E-state index in [1.165, 1.54) is 0 Å². The zero-order valence-corrected chi connectivity index (χ0v) is 10.9. The maximum atomic E-state index is 12.0. The highest BCUT2D eigenvalue weighted by molar-refractivity contribution is 6.06. The van der Waals surface area contributed by atoms with E-state index in [1.807, 2.05) is 38.1 Å². The lowest BCUT2D eigenvalue weighted by Crippen LogP contribution is -2.01. The maximum absolute atomic E-state index is 12.0. The lowest BCUT2D eigenvalue weighted by molar-refractivity contribution is 0.340. The van der Waals surface area contributed by atoms with Gasteiger partial charge in [0.05, 0.1) is 12.0 Å². The van der Waals surface area contributed by atoms with Crippen LogP contribution < -0.4 is 10.4 Å². The Labute approximate surface area is 110 Å². The number of rotatable bonds is 2. The molecule has 3 nitrogen and oxygen atoms in total. The molecular weight excluding hydrogens is 240 g/mol. The molecule has 2 aromatic carbocycles. The number of benzene rings is 2. The fourth-order valence-corrected chi connectivity index (χ4v) is 2.43. The Kier molecular flexibility index (Phi) is 2.75. The van der Waals surface area contributed by atoms with E-state index in [9.17, 15) is 4.79 Å². The first-order valence-electron chi connectivity index (χ1n) is 6.29. The molecule has 1 aromatic heterocycles. The van der Waals surface area contributed by atoms with Gasteiger partial charge in [0.25, 0.3) is 0 Å². The van der Waals surface area contributed by atoms with Crippen LogP contribution in [0.15, 0.2) is 45.6 Å². The number of hydrogen-bond acceptors (Lipinski definition) is 3. The molecule has 0 aliphatic heterocycles. The molecule has 3 heteroatoms. The summed E-state index contributed by atoms with van der Waals surface area (Å²) in [4.78, 5) is 12.0. The summed E-state index contributed by atoms with van der Waals surface area (Å²) in [5.41, 5.74) is 1.31. The zero-order chi connectivity index (χ0) is 13.4. The Morgan fingerprint density at radius 2 is 1.89 bits per heavy atom. The largest absolute Gasteiger partial charge is 0.494 e. The van der Waals surface area contributed by atoms with Crippen molar-refractivity contribution in [1.29, 1.82) is 0 Å². The maximum Gasteiger partial charge on any atom is 0.344 e. The first-order chi connectivity index (χ1) is 9.20. The zero-order valence-electron chi connectivity index (χ0n) is 10.9. The Balaban J connectivity index is 2.46. The summed E-state index contributed by atoms with van der Waals surface area (Å²) in [6, 6.07) is 11.3. The molecule has 0 bridgehead atoms. The number of hydrogen-bond donors (Lipinski definition) is 0. The Morgan fingerprint density at radius 1 is 1.16 bits per heavy atom. The molecule has 96 valence electrons. The average molecular weight is 254 g/mol. The van der Waals surface area contributed by atoms with Crippen molar-refractivity contribution in [2.45, 2.75) is 13.8 Å². The summed E-state index contributed by atoms with van der Waals surface area (Å²) in [7, 11) is 0. The van der Waals surface area contributed by atoms with E-state index in [0.717, 1.165) is 22.1 Å². The van der Waals surface area contributed by atoms with Crippen LogP contribution in [0.2, 0.25) is 0 Å². The van der Waals surface area contributed by atoms with E-state index in [-0.39, 0.29) is 5.63 Å². The van der Waals surface area contributed by atoms with Crippen LogP contribution in [0.5, 0.6) is 5.75 Å². The van der Waals surface area contributed by atoms with Crippen molar-refractivity contribution < 1.29 is 9.15 Å². The highest BCUT2D eigenvalue weighted by Gasteiger charge is 2.10. The lowest BCUT2D eigenvalue weighted by Gasteiger charge is -2.09. The van der Waals surface area contributed by atoms with Crippen molar-refractivity contribution in [3.05, 3.63) is 52.4 Å². The fourth-order valence-electron chi connectivity index (χ4n) is 2.43. The van der Waals surface area contributed by atoms with Gasteiger partial charge in [-0.3, -0.25) is 0 Å². The SMILES string of the molecule is CCOc1cc(C)c2c(c1)oc(=O)c1ccccc12. The van der Waals surface area contributed by atoms with Crippen LogP contribution in [0.25, 0.3) is 21.7 Å². The van der Waals surface area contributed by atoms with Gasteiger partial charge in [0, 0.05) is 16.8 Å². The minimum atomic E-state index is -0.309. The Bertz CT molecular complexity index is 815. The minimum absolute atomic E-state index is 0.309. The Hall–Kier alpha value is -2.29. The van der Waals surface area contributed by atoms with E-state index >= 15 is 0 Å². The molecule has 0 spiro atoms. The van der Waals surface area contributed by atoms with Gasteiger partial charge in [-0.1, -0.05) is 18.2 Å². The van der Waals surface area contributed by atoms with Crippen molar-refractivity contribution in [1.82, 2.24) is 0 Å². The highest BCUT2D eigenvalue weighted by atomic mass is 16.5. The predicted molar refractivity (Wildman–Crippen MR) is 75.9 cm³/mol. The van der Waals surface area contributed by atoms with Crippen LogP contribution in [0, 0.1) is 6.92 Å². The molecule has 19 heavy (non-hydrogen) atoms. The van der Waals surface area contributed by atoms with Gasteiger partial charge < -0.3 is 9.15 Å². The van der Waals surface area contributed by atoms with E-state index in [0.29, 0.717) is 17.6 Å². The summed E-state index contributed by atoms with van der Waals surface area (Å²) in [5.74, 6) is 0.728. The molecule has 0 atom stereocenters. The molecule has 0 N–H and O–H groups in total. The summed E-state index contributed by atoms with van der Waals surface area (Å²) < 4.78 is 10.9. The van der Waals surface area contributed by atoms with E-state index in [4.69, 9.17) is 9.15 Å². The quantitative estimate of drug-likeness (QED) is 0.517. The molecule has 0 aliphatic rings. The van der Waals surface area contributed by atoms with Crippen LogP contribution in [-0.4, -0.2) is 6.61 Å². The van der Waals surface area contributed by atoms with Gasteiger partial charge in [-0.2, -0.15) is 0 Å². The summed E-state index contributed by atoms with van der Waals surface area (Å²) in [5, 5.41) is 2.51. The van der Waals surface area contributed by atoms with Gasteiger partial charge in [-0.25, -0.2) is 4.79 Å². The molecule has 0 unspecified atom stereocenters. The first-order valence-corrected chi connectivity index (χ1v) is 6.29. The summed E-state index contributed by atoms with van der Waals surface area (Å²) >= 11 is 0. The topological polar surface area (TPSA) is 39.4 Å². The van der Waals surface area contributed by atoms with Crippen molar-refractivity contribution in [2.24, 2.45) is 0 Å². The molecule has 0 saturated heterocycles. The van der Waals surface area contributed by atoms with Crippen LogP contribution in [-0.2, 0) is 0 Å². The molecule has 3 aromatic rings. The second-order valence-electron chi connectivity index (χ2n) is 4.48. The molecule has 0 fully saturated rings. The molecule has 0 saturated carbocycles. The molecule has 0 amide bonds. The predicted octanol–water partition coefficient (Wildman–Crippen LogP) is 3.65. The third kappa shape index (κ3) is 1.87. The number of ether oxygens (including phenoxy) is 1. The Morgan fingerprint density at radius 3 is 2.63 bits per heavy atom. The third-order valence-electron chi connectivity index (χ3n) is 3.20. The van der Waals surface area contributed by atoms with Crippen LogP contribution in [0.4, 0.5) is 0 Å². The van der Waals surface area contributed by atoms with Gasteiger partial charge in [0.2, 0.25) is 0 Å². The summed E-state index contributed by atoms with van der Waals surface area (Å²) in [6.45, 7) is 4.51. The second kappa shape index (κ2) is 4.43. The smallest absolute Gasteiger partial charge is 0.344 e. The third-order valence-corrected chi connectivity index (χ3v) is 3.20. The number of fused-ring (bicyclic) bond motifs is 3. The second-order valence-corrected chi connectivity index (χ2v) is 4.48. The van der Waals surface area contributed by atoms with Gasteiger partial charge >= 0.3 is 5.63 Å². The molecule has 0 radical (unpaired) electrons. The fraction of sp³-hybridized carbons (Fsp3) is 0.188. The van der Waals surface area contributed by atoms with Crippen LogP contribution in [0.3, 0.4) is 0 Å². The van der Waals surface area contributed by atoms with Crippen LogP contribution >= 0.6 is 0 Å². The van der Waals surface area contributed by atoms with Gasteiger partial charge in [-0.05, 0) is 31.5 Å². The highest BCUT2D eigenvalue weighted by Crippen LogP contribution is 2.29. The molecular formula is C16H14O3. The van der Waals surface area contributed by atoms with Gasteiger partial charge in [-0.15, -0.1) is 0 Å². The normalized spacial score (nSPS) is 11.1. The van der Waals surface area contributed by atoms with Crippen molar-refractivity contribution in [3.8, 4) is 5.75 Å². The van der Waals surface area contributed by atoms with Crippen LogP contribution in [0.1, 0.15) is 12.5 Å². The van der Waals surface area contributed by atoms with Gasteiger partial charge in [0.1, 0.15) is 11.3 Å². The van der Waals surface area contributed by atoms with Crippen molar-refractivity contribution in [2.75, 3.05) is 6.61 Å². The van der Waals surface area contributed by atoms with Crippen molar-refractivity contribution >= 4 is 21.7 Å². The summed E-state index contributed by atoms with van der Waals surface area (Å²) in [6.07, 6.45) is 0. The van der Waals surface area contributed by atoms with E-state index in [1.54, 1.807) is 12.1 Å². The number of aryl methyl sites for hydroxylation is 1. The lowest BCUT2D eigenvalue weighted by atomic mass is 10.0. The van der Waals surface area contributed by atoms with Gasteiger partial charge in [0.15, 0.2) is 0 Å². The first kappa shape index (κ1) is 11.8. The minimum Gasteiger partial charge on any atom is -0.494 e. The standard InChI is InChI=1S/C16H14O3/c1-3-18-11-8-10(2)15-12-6-4-5-7-13(12)16(17)19-14(15)9-11/h4-9H,3H2,1-2H3. The van der Waals surface area contributed by atoms with E-state index < -0.39 is 0 Å². The van der Waals surface area contributed by atoms with Crippen molar-refractivity contribution in [3.63, 3.8) is 0 Å². The average Bonchev–Trinajstić information content (AvgIpc) is 2.39. The molecule has 0 aliphatic carbocycles. The molecule has 3 rings (SSSR count).